The van der Waals surface area contributed by atoms with E-state index in [9.17, 15) is 4.39 Å². The van der Waals surface area contributed by atoms with Crippen molar-refractivity contribution in [3.05, 3.63) is 0 Å². The zero-order valence-corrected chi connectivity index (χ0v) is 10.7. The highest BCUT2D eigenvalue weighted by Gasteiger charge is 2.67. The number of ether oxygens (including phenoxy) is 2. The van der Waals surface area contributed by atoms with Crippen LogP contribution in [0.1, 0.15) is 40.5 Å². The van der Waals surface area contributed by atoms with Gasteiger partial charge >= 0.3 is 0 Å². The zero-order valence-electron chi connectivity index (χ0n) is 10.7. The van der Waals surface area contributed by atoms with Gasteiger partial charge in [-0.2, -0.15) is 0 Å². The number of hydrogen-bond acceptors (Lipinski definition) is 2. The third kappa shape index (κ3) is 2.12. The Morgan fingerprint density at radius 1 is 1.25 bits per heavy atom. The summed E-state index contributed by atoms with van der Waals surface area (Å²) < 4.78 is 25.3. The van der Waals surface area contributed by atoms with E-state index in [4.69, 9.17) is 9.47 Å². The van der Waals surface area contributed by atoms with Gasteiger partial charge in [-0.15, -0.1) is 0 Å². The summed E-state index contributed by atoms with van der Waals surface area (Å²) in [7, 11) is 0. The molecule has 0 aromatic carbocycles. The fourth-order valence-corrected chi connectivity index (χ4v) is 2.92. The highest BCUT2D eigenvalue weighted by Crippen LogP contribution is 2.65. The predicted octanol–water partition coefficient (Wildman–Crippen LogP) is 2.95. The Morgan fingerprint density at radius 3 is 2.50 bits per heavy atom. The summed E-state index contributed by atoms with van der Waals surface area (Å²) in [6.07, 6.45) is 1.02. The smallest absolute Gasteiger partial charge is 0.127 e. The maximum Gasteiger partial charge on any atom is 0.127 e. The van der Waals surface area contributed by atoms with Gasteiger partial charge in [-0.1, -0.05) is 0 Å². The van der Waals surface area contributed by atoms with Gasteiger partial charge in [0.05, 0.1) is 24.9 Å². The molecule has 2 aliphatic carbocycles. The summed E-state index contributed by atoms with van der Waals surface area (Å²) in [5.74, 6) is 0.491. The van der Waals surface area contributed by atoms with E-state index >= 15 is 0 Å². The van der Waals surface area contributed by atoms with Crippen LogP contribution in [0.3, 0.4) is 0 Å². The first kappa shape index (κ1) is 12.3. The first-order chi connectivity index (χ1) is 7.45. The molecule has 0 aliphatic heterocycles. The number of halogens is 1. The van der Waals surface area contributed by atoms with Gasteiger partial charge in [-0.3, -0.25) is 0 Å². The van der Waals surface area contributed by atoms with Gasteiger partial charge in [0.1, 0.15) is 6.17 Å². The van der Waals surface area contributed by atoms with Crippen molar-refractivity contribution >= 4 is 0 Å². The van der Waals surface area contributed by atoms with Crippen LogP contribution in [0.5, 0.6) is 0 Å². The van der Waals surface area contributed by atoms with Crippen LogP contribution in [0, 0.1) is 11.3 Å². The molecule has 0 unspecified atom stereocenters. The maximum absolute atomic E-state index is 13.8. The van der Waals surface area contributed by atoms with Gasteiger partial charge in [-0.25, -0.2) is 4.39 Å². The lowest BCUT2D eigenvalue weighted by Crippen LogP contribution is -2.36. The second-order valence-electron chi connectivity index (χ2n) is 5.85. The fraction of sp³-hybridized carbons (Fsp3) is 1.00. The van der Waals surface area contributed by atoms with Crippen LogP contribution in [-0.4, -0.2) is 31.1 Å². The molecule has 94 valence electrons. The van der Waals surface area contributed by atoms with Crippen molar-refractivity contribution < 1.29 is 13.9 Å². The van der Waals surface area contributed by atoms with Gasteiger partial charge in [-0.05, 0) is 46.5 Å². The average Bonchev–Trinajstić information content (AvgIpc) is 2.79. The van der Waals surface area contributed by atoms with Gasteiger partial charge < -0.3 is 9.47 Å². The average molecular weight is 230 g/mol. The van der Waals surface area contributed by atoms with E-state index in [2.05, 4.69) is 0 Å². The van der Waals surface area contributed by atoms with E-state index in [1.807, 2.05) is 27.7 Å². The second-order valence-corrected chi connectivity index (χ2v) is 5.85. The Hall–Kier alpha value is -0.150. The monoisotopic (exact) mass is 230 g/mol. The number of rotatable bonds is 5. The minimum Gasteiger partial charge on any atom is -0.378 e. The van der Waals surface area contributed by atoms with E-state index < -0.39 is 6.17 Å². The molecule has 4 atom stereocenters. The minimum atomic E-state index is -0.795. The largest absolute Gasteiger partial charge is 0.378 e. The van der Waals surface area contributed by atoms with Crippen LogP contribution < -0.4 is 0 Å². The van der Waals surface area contributed by atoms with Crippen LogP contribution >= 0.6 is 0 Å². The van der Waals surface area contributed by atoms with Crippen LogP contribution in [-0.2, 0) is 9.47 Å². The van der Waals surface area contributed by atoms with Gasteiger partial charge in [0.25, 0.3) is 0 Å². The van der Waals surface area contributed by atoms with Crippen LogP contribution in [0.15, 0.2) is 0 Å². The van der Waals surface area contributed by atoms with Crippen LogP contribution in [0.2, 0.25) is 0 Å². The van der Waals surface area contributed by atoms with Crippen molar-refractivity contribution in [2.45, 2.75) is 65.0 Å². The zero-order chi connectivity index (χ0) is 11.9. The molecule has 2 fully saturated rings. The number of alkyl halides is 1. The van der Waals surface area contributed by atoms with Crippen molar-refractivity contribution in [1.82, 2.24) is 0 Å². The summed E-state index contributed by atoms with van der Waals surface area (Å²) in [6, 6.07) is 0. The summed E-state index contributed by atoms with van der Waals surface area (Å²) in [5.41, 5.74) is -0.00600. The third-order valence-corrected chi connectivity index (χ3v) is 3.79. The molecule has 0 bridgehead atoms. The molecule has 3 heteroatoms. The molecule has 2 saturated carbocycles. The molecule has 0 aromatic heterocycles. The minimum absolute atomic E-state index is 0.00600. The third-order valence-electron chi connectivity index (χ3n) is 3.79. The first-order valence-corrected chi connectivity index (χ1v) is 6.37. The lowest BCUT2D eigenvalue weighted by Gasteiger charge is -2.28. The van der Waals surface area contributed by atoms with E-state index in [0.717, 1.165) is 6.42 Å². The summed E-state index contributed by atoms with van der Waals surface area (Å²) in [4.78, 5) is 0. The maximum atomic E-state index is 13.8. The van der Waals surface area contributed by atoms with E-state index in [1.165, 1.54) is 0 Å². The first-order valence-electron chi connectivity index (χ1n) is 6.37. The molecule has 0 N–H and O–H groups in total. The topological polar surface area (TPSA) is 18.5 Å². The van der Waals surface area contributed by atoms with Crippen molar-refractivity contribution in [3.63, 3.8) is 0 Å². The molecular formula is C13H23FO2. The van der Waals surface area contributed by atoms with Crippen LogP contribution in [0.25, 0.3) is 0 Å². The fourth-order valence-electron chi connectivity index (χ4n) is 2.92. The summed E-state index contributed by atoms with van der Waals surface area (Å²) in [5, 5.41) is 0. The lowest BCUT2D eigenvalue weighted by molar-refractivity contribution is -0.0876. The molecule has 2 nitrogen and oxygen atoms in total. The highest BCUT2D eigenvalue weighted by molar-refractivity contribution is 5.16. The molecule has 0 aromatic rings. The highest BCUT2D eigenvalue weighted by atomic mass is 19.1. The predicted molar refractivity (Wildman–Crippen MR) is 61.2 cm³/mol. The Labute approximate surface area is 97.5 Å². The Bertz CT molecular complexity index is 254. The summed E-state index contributed by atoms with van der Waals surface area (Å²) in [6.45, 7) is 8.65. The molecule has 0 radical (unpaired) electrons. The number of fused-ring (bicyclic) bond motifs is 1. The van der Waals surface area contributed by atoms with E-state index in [-0.39, 0.29) is 23.7 Å². The molecular weight excluding hydrogens is 207 g/mol. The van der Waals surface area contributed by atoms with Crippen LogP contribution in [0.4, 0.5) is 4.39 Å². The van der Waals surface area contributed by atoms with Crippen molar-refractivity contribution in [2.24, 2.45) is 11.3 Å². The normalized spacial score (nSPS) is 41.8. The molecule has 0 saturated heterocycles. The molecule has 2 rings (SSSR count). The second kappa shape index (κ2) is 4.26. The Kier molecular flexibility index (Phi) is 3.28. The quantitative estimate of drug-likeness (QED) is 0.723. The van der Waals surface area contributed by atoms with Crippen molar-refractivity contribution in [3.8, 4) is 0 Å². The molecule has 0 spiro atoms. The van der Waals surface area contributed by atoms with Crippen molar-refractivity contribution in [2.75, 3.05) is 6.61 Å². The summed E-state index contributed by atoms with van der Waals surface area (Å²) >= 11 is 0. The van der Waals surface area contributed by atoms with Gasteiger partial charge in [0.2, 0.25) is 0 Å². The molecule has 0 heterocycles. The standard InChI is InChI=1S/C13H23FO2/c1-8(2)15-7-13-6-10(13)5-11(14)12(13)16-9(3)4/h8-12H,5-7H2,1-4H3/t10-,11+,12-,13-/m0/s1. The Morgan fingerprint density at radius 2 is 1.94 bits per heavy atom. The van der Waals surface area contributed by atoms with E-state index in [1.54, 1.807) is 0 Å². The molecule has 2 aliphatic rings. The van der Waals surface area contributed by atoms with Crippen molar-refractivity contribution in [1.29, 1.82) is 0 Å². The van der Waals surface area contributed by atoms with Gasteiger partial charge in [0, 0.05) is 5.41 Å². The lowest BCUT2D eigenvalue weighted by atomic mass is 10.0. The van der Waals surface area contributed by atoms with E-state index in [0.29, 0.717) is 18.9 Å². The SMILES string of the molecule is CC(C)OC[C@@]12C[C@@H]1C[C@@H](F)[C@@H]2OC(C)C. The number of hydrogen-bond donors (Lipinski definition) is 0. The molecule has 16 heavy (non-hydrogen) atoms. The Balaban J connectivity index is 1.97. The van der Waals surface area contributed by atoms with Gasteiger partial charge in [0.15, 0.2) is 0 Å². The molecule has 0 amide bonds.